The predicted octanol–water partition coefficient (Wildman–Crippen LogP) is 1.14. The average Bonchev–Trinajstić information content (AvgIpc) is 3.00. The first-order valence-electron chi connectivity index (χ1n) is 6.00. The van der Waals surface area contributed by atoms with E-state index in [0.717, 1.165) is 5.56 Å². The normalized spacial score (nSPS) is 10.1. The second-order valence-electron chi connectivity index (χ2n) is 4.06. The molecule has 20 heavy (non-hydrogen) atoms. The molecule has 2 amide bonds. The minimum Gasteiger partial charge on any atom is -0.459 e. The molecule has 0 unspecified atom stereocenters. The summed E-state index contributed by atoms with van der Waals surface area (Å²) >= 11 is 0. The first-order chi connectivity index (χ1) is 9.69. The number of furan rings is 1. The smallest absolute Gasteiger partial charge is 0.287 e. The summed E-state index contributed by atoms with van der Waals surface area (Å²) in [5.41, 5.74) is 1.36. The molecule has 0 saturated heterocycles. The Morgan fingerprint density at radius 3 is 2.50 bits per heavy atom. The van der Waals surface area contributed by atoms with Crippen LogP contribution in [0.15, 0.2) is 47.1 Å². The number of benzene rings is 1. The maximum Gasteiger partial charge on any atom is 0.287 e. The highest BCUT2D eigenvalue weighted by molar-refractivity contribution is 5.97. The number of hydrogen-bond acceptors (Lipinski definition) is 4. The lowest BCUT2D eigenvalue weighted by atomic mass is 10.2. The van der Waals surface area contributed by atoms with Crippen LogP contribution in [0, 0.1) is 0 Å². The van der Waals surface area contributed by atoms with Crippen molar-refractivity contribution in [3.8, 4) is 0 Å². The van der Waals surface area contributed by atoms with Crippen LogP contribution in [0.25, 0.3) is 0 Å². The zero-order chi connectivity index (χ0) is 14.4. The topological polar surface area (TPSA) is 91.6 Å². The van der Waals surface area contributed by atoms with Gasteiger partial charge in [-0.3, -0.25) is 9.59 Å². The molecule has 1 aromatic heterocycles. The van der Waals surface area contributed by atoms with Gasteiger partial charge in [-0.05, 0) is 29.8 Å². The van der Waals surface area contributed by atoms with E-state index in [4.69, 9.17) is 9.52 Å². The van der Waals surface area contributed by atoms with Gasteiger partial charge in [-0.25, -0.2) is 0 Å². The molecule has 1 heterocycles. The van der Waals surface area contributed by atoms with Crippen LogP contribution >= 0.6 is 0 Å². The molecule has 0 aliphatic heterocycles. The lowest BCUT2D eigenvalue weighted by Crippen LogP contribution is -2.32. The molecule has 6 heteroatoms. The van der Waals surface area contributed by atoms with Crippen molar-refractivity contribution in [1.29, 1.82) is 0 Å². The van der Waals surface area contributed by atoms with E-state index in [-0.39, 0.29) is 24.8 Å². The van der Waals surface area contributed by atoms with Gasteiger partial charge in [-0.15, -0.1) is 0 Å². The van der Waals surface area contributed by atoms with Gasteiger partial charge in [0.05, 0.1) is 19.4 Å². The molecule has 0 aliphatic carbocycles. The van der Waals surface area contributed by atoms with Gasteiger partial charge in [0.2, 0.25) is 5.91 Å². The van der Waals surface area contributed by atoms with Gasteiger partial charge in [0.25, 0.3) is 5.91 Å². The van der Waals surface area contributed by atoms with Crippen LogP contribution in [0.2, 0.25) is 0 Å². The number of anilines is 1. The standard InChI is InChI=1S/C14H14N2O4/c17-9-10-3-5-11(6-4-10)16-13(18)8-15-14(19)12-2-1-7-20-12/h1-7,17H,8-9H2,(H,15,19)(H,16,18). The number of nitrogens with one attached hydrogen (secondary N) is 2. The van der Waals surface area contributed by atoms with Crippen LogP contribution in [-0.4, -0.2) is 23.5 Å². The van der Waals surface area contributed by atoms with E-state index in [2.05, 4.69) is 10.6 Å². The second kappa shape index (κ2) is 6.53. The van der Waals surface area contributed by atoms with Crippen molar-refractivity contribution in [3.05, 3.63) is 54.0 Å². The van der Waals surface area contributed by atoms with E-state index in [0.29, 0.717) is 5.69 Å². The molecule has 0 aliphatic rings. The van der Waals surface area contributed by atoms with E-state index >= 15 is 0 Å². The summed E-state index contributed by atoms with van der Waals surface area (Å²) in [6.45, 7) is -0.200. The van der Waals surface area contributed by atoms with Crippen molar-refractivity contribution in [2.45, 2.75) is 6.61 Å². The molecule has 3 N–H and O–H groups in total. The molecule has 0 bridgehead atoms. The highest BCUT2D eigenvalue weighted by Crippen LogP contribution is 2.09. The van der Waals surface area contributed by atoms with E-state index in [1.807, 2.05) is 0 Å². The van der Waals surface area contributed by atoms with Crippen LogP contribution in [0.4, 0.5) is 5.69 Å². The first-order valence-corrected chi connectivity index (χ1v) is 6.00. The quantitative estimate of drug-likeness (QED) is 0.762. The Balaban J connectivity index is 1.81. The van der Waals surface area contributed by atoms with E-state index < -0.39 is 5.91 Å². The van der Waals surface area contributed by atoms with Crippen molar-refractivity contribution in [1.82, 2.24) is 5.32 Å². The van der Waals surface area contributed by atoms with E-state index in [1.54, 1.807) is 30.3 Å². The highest BCUT2D eigenvalue weighted by atomic mass is 16.3. The van der Waals surface area contributed by atoms with Crippen LogP contribution in [0.5, 0.6) is 0 Å². The summed E-state index contributed by atoms with van der Waals surface area (Å²) in [6, 6.07) is 9.88. The Bertz CT molecular complexity index is 576. The first kappa shape index (κ1) is 13.8. The van der Waals surface area contributed by atoms with Gasteiger partial charge in [0.15, 0.2) is 5.76 Å². The van der Waals surface area contributed by atoms with E-state index in [9.17, 15) is 9.59 Å². The van der Waals surface area contributed by atoms with Gasteiger partial charge >= 0.3 is 0 Å². The van der Waals surface area contributed by atoms with Crippen molar-refractivity contribution >= 4 is 17.5 Å². The maximum atomic E-state index is 11.6. The highest BCUT2D eigenvalue weighted by Gasteiger charge is 2.10. The molecule has 0 radical (unpaired) electrons. The fraction of sp³-hybridized carbons (Fsp3) is 0.143. The fourth-order valence-corrected chi connectivity index (χ4v) is 1.55. The molecule has 2 aromatic rings. The van der Waals surface area contributed by atoms with Crippen molar-refractivity contribution in [2.24, 2.45) is 0 Å². The molecular weight excluding hydrogens is 260 g/mol. The minimum atomic E-state index is -0.444. The van der Waals surface area contributed by atoms with Gasteiger partial charge in [-0.1, -0.05) is 12.1 Å². The van der Waals surface area contributed by atoms with Crippen LogP contribution in [-0.2, 0) is 11.4 Å². The molecular formula is C14H14N2O4. The zero-order valence-corrected chi connectivity index (χ0v) is 10.6. The second-order valence-corrected chi connectivity index (χ2v) is 4.06. The Morgan fingerprint density at radius 1 is 1.15 bits per heavy atom. The third-order valence-electron chi connectivity index (χ3n) is 2.57. The Hall–Kier alpha value is -2.60. The Kier molecular flexibility index (Phi) is 4.52. The summed E-state index contributed by atoms with van der Waals surface area (Å²) in [5, 5.41) is 14.0. The van der Waals surface area contributed by atoms with Gasteiger partial charge in [-0.2, -0.15) is 0 Å². The summed E-state index contributed by atoms with van der Waals surface area (Å²) < 4.78 is 4.90. The van der Waals surface area contributed by atoms with Crippen molar-refractivity contribution in [3.63, 3.8) is 0 Å². The Labute approximate surface area is 115 Å². The summed E-state index contributed by atoms with van der Waals surface area (Å²) in [6.07, 6.45) is 1.39. The minimum absolute atomic E-state index is 0.0482. The summed E-state index contributed by atoms with van der Waals surface area (Å²) in [4.78, 5) is 23.2. The van der Waals surface area contributed by atoms with E-state index in [1.165, 1.54) is 12.3 Å². The van der Waals surface area contributed by atoms with Crippen LogP contribution < -0.4 is 10.6 Å². The molecule has 0 saturated carbocycles. The molecule has 1 aromatic carbocycles. The summed E-state index contributed by atoms with van der Waals surface area (Å²) in [5.74, 6) is -0.632. The number of carbonyl (C=O) groups excluding carboxylic acids is 2. The number of amides is 2. The maximum absolute atomic E-state index is 11.6. The lowest BCUT2D eigenvalue weighted by Gasteiger charge is -2.06. The molecule has 0 spiro atoms. The Morgan fingerprint density at radius 2 is 1.90 bits per heavy atom. The molecule has 6 nitrogen and oxygen atoms in total. The van der Waals surface area contributed by atoms with Gasteiger partial charge < -0.3 is 20.2 Å². The fourth-order valence-electron chi connectivity index (χ4n) is 1.55. The third-order valence-corrected chi connectivity index (χ3v) is 2.57. The van der Waals surface area contributed by atoms with Gasteiger partial charge in [0.1, 0.15) is 0 Å². The number of aliphatic hydroxyl groups excluding tert-OH is 1. The molecule has 0 atom stereocenters. The van der Waals surface area contributed by atoms with Crippen LogP contribution in [0.3, 0.4) is 0 Å². The largest absolute Gasteiger partial charge is 0.459 e. The number of hydrogen-bond donors (Lipinski definition) is 3. The summed E-state index contributed by atoms with van der Waals surface area (Å²) in [7, 11) is 0. The number of carbonyl (C=O) groups is 2. The molecule has 104 valence electrons. The van der Waals surface area contributed by atoms with Crippen LogP contribution in [0.1, 0.15) is 16.1 Å². The lowest BCUT2D eigenvalue weighted by molar-refractivity contribution is -0.115. The van der Waals surface area contributed by atoms with Crippen molar-refractivity contribution in [2.75, 3.05) is 11.9 Å². The molecule has 2 rings (SSSR count). The van der Waals surface area contributed by atoms with Crippen molar-refractivity contribution < 1.29 is 19.1 Å². The average molecular weight is 274 g/mol. The number of aliphatic hydroxyl groups is 1. The monoisotopic (exact) mass is 274 g/mol. The number of rotatable bonds is 5. The third kappa shape index (κ3) is 3.69. The van der Waals surface area contributed by atoms with Gasteiger partial charge in [0, 0.05) is 5.69 Å². The predicted molar refractivity (Wildman–Crippen MR) is 72.0 cm³/mol. The zero-order valence-electron chi connectivity index (χ0n) is 10.6. The molecule has 0 fully saturated rings. The SMILES string of the molecule is O=C(CNC(=O)c1ccco1)Nc1ccc(CO)cc1.